The van der Waals surface area contributed by atoms with Gasteiger partial charge in [0.2, 0.25) is 10.0 Å². The summed E-state index contributed by atoms with van der Waals surface area (Å²) in [5.41, 5.74) is 0.259. The maximum atomic E-state index is 12.6. The molecule has 0 radical (unpaired) electrons. The molecular formula is C15H21ClN2O4S. The van der Waals surface area contributed by atoms with E-state index in [1.807, 2.05) is 0 Å². The smallest absolute Gasteiger partial charge is 0.251 e. The number of nitrogens with zero attached hydrogens (tertiary/aromatic N) is 1. The number of carbonyl (C=O) groups excluding carboxylic acids is 1. The van der Waals surface area contributed by atoms with Crippen LogP contribution in [-0.4, -0.2) is 51.5 Å². The lowest BCUT2D eigenvalue weighted by molar-refractivity contribution is 0.0905. The fourth-order valence-electron chi connectivity index (χ4n) is 2.51. The molecule has 1 aliphatic rings. The Morgan fingerprint density at radius 2 is 2.04 bits per heavy atom. The van der Waals surface area contributed by atoms with Crippen molar-refractivity contribution in [2.75, 3.05) is 26.8 Å². The molecule has 1 aromatic rings. The molecule has 1 aliphatic heterocycles. The van der Waals surface area contributed by atoms with Crippen molar-refractivity contribution in [2.24, 2.45) is 0 Å². The Hall–Kier alpha value is -1.15. The lowest BCUT2D eigenvalue weighted by Gasteiger charge is -2.18. The van der Waals surface area contributed by atoms with Gasteiger partial charge in [0.25, 0.3) is 5.91 Å². The monoisotopic (exact) mass is 360 g/mol. The first-order chi connectivity index (χ1) is 10.9. The second kappa shape index (κ2) is 7.61. The third-order valence-electron chi connectivity index (χ3n) is 3.67. The van der Waals surface area contributed by atoms with Crippen LogP contribution in [0.4, 0.5) is 0 Å². The van der Waals surface area contributed by atoms with Crippen molar-refractivity contribution in [1.82, 2.24) is 9.62 Å². The first-order valence-corrected chi connectivity index (χ1v) is 9.27. The zero-order chi connectivity index (χ0) is 17.0. The molecule has 1 amide bonds. The molecule has 1 aromatic carbocycles. The van der Waals surface area contributed by atoms with Crippen LogP contribution in [0.5, 0.6) is 0 Å². The normalized spacial score (nSPS) is 17.2. The molecular weight excluding hydrogens is 340 g/mol. The zero-order valence-electron chi connectivity index (χ0n) is 13.2. The highest BCUT2D eigenvalue weighted by Gasteiger charge is 2.29. The van der Waals surface area contributed by atoms with Gasteiger partial charge >= 0.3 is 0 Å². The Morgan fingerprint density at radius 3 is 2.65 bits per heavy atom. The molecule has 0 saturated carbocycles. The highest BCUT2D eigenvalue weighted by molar-refractivity contribution is 7.89. The lowest BCUT2D eigenvalue weighted by atomic mass is 10.2. The number of ether oxygens (including phenoxy) is 1. The summed E-state index contributed by atoms with van der Waals surface area (Å²) >= 11 is 6.06. The van der Waals surface area contributed by atoms with E-state index in [1.54, 1.807) is 14.0 Å². The molecule has 1 N–H and O–H groups in total. The molecule has 23 heavy (non-hydrogen) atoms. The number of methoxy groups -OCH3 is 1. The Balaban J connectivity index is 2.27. The molecule has 2 rings (SSSR count). The number of hydrogen-bond acceptors (Lipinski definition) is 4. The van der Waals surface area contributed by atoms with Crippen LogP contribution in [0.25, 0.3) is 0 Å². The van der Waals surface area contributed by atoms with E-state index in [4.69, 9.17) is 16.3 Å². The summed E-state index contributed by atoms with van der Waals surface area (Å²) in [5, 5.41) is 2.87. The van der Waals surface area contributed by atoms with E-state index in [0.717, 1.165) is 12.8 Å². The number of amides is 1. The van der Waals surface area contributed by atoms with Gasteiger partial charge in [0, 0.05) is 31.8 Å². The van der Waals surface area contributed by atoms with Gasteiger partial charge in [-0.05, 0) is 38.0 Å². The third kappa shape index (κ3) is 4.23. The minimum atomic E-state index is -3.67. The molecule has 0 bridgehead atoms. The molecule has 8 heteroatoms. The number of nitrogens with one attached hydrogen (secondary N) is 1. The summed E-state index contributed by atoms with van der Waals surface area (Å²) in [6.07, 6.45) is 1.68. The minimum Gasteiger partial charge on any atom is -0.383 e. The van der Waals surface area contributed by atoms with Gasteiger partial charge in [0.05, 0.1) is 11.6 Å². The molecule has 1 atom stereocenters. The molecule has 128 valence electrons. The summed E-state index contributed by atoms with van der Waals surface area (Å²) in [5.74, 6) is -0.357. The molecule has 0 spiro atoms. The van der Waals surface area contributed by atoms with E-state index in [9.17, 15) is 13.2 Å². The Morgan fingerprint density at radius 1 is 1.39 bits per heavy atom. The summed E-state index contributed by atoms with van der Waals surface area (Å²) in [7, 11) is -2.12. The quantitative estimate of drug-likeness (QED) is 0.840. The first-order valence-electron chi connectivity index (χ1n) is 7.45. The summed E-state index contributed by atoms with van der Waals surface area (Å²) in [6.45, 7) is 3.15. The van der Waals surface area contributed by atoms with Crippen LogP contribution < -0.4 is 5.32 Å². The summed E-state index contributed by atoms with van der Waals surface area (Å²) in [6, 6.07) is 4.12. The maximum Gasteiger partial charge on any atom is 0.251 e. The van der Waals surface area contributed by atoms with Gasteiger partial charge in [-0.25, -0.2) is 8.42 Å². The zero-order valence-corrected chi connectivity index (χ0v) is 14.8. The molecule has 6 nitrogen and oxygen atoms in total. The summed E-state index contributed by atoms with van der Waals surface area (Å²) < 4.78 is 31.7. The van der Waals surface area contributed by atoms with Crippen molar-refractivity contribution in [1.29, 1.82) is 0 Å². The van der Waals surface area contributed by atoms with Crippen LogP contribution >= 0.6 is 11.6 Å². The first kappa shape index (κ1) is 18.2. The average Bonchev–Trinajstić information content (AvgIpc) is 3.02. The Kier molecular flexibility index (Phi) is 6.02. The van der Waals surface area contributed by atoms with E-state index in [1.165, 1.54) is 22.5 Å². The van der Waals surface area contributed by atoms with Crippen LogP contribution in [-0.2, 0) is 14.8 Å². The van der Waals surface area contributed by atoms with Crippen molar-refractivity contribution in [3.05, 3.63) is 28.8 Å². The van der Waals surface area contributed by atoms with E-state index >= 15 is 0 Å². The van der Waals surface area contributed by atoms with Gasteiger partial charge in [-0.15, -0.1) is 0 Å². The van der Waals surface area contributed by atoms with E-state index < -0.39 is 10.0 Å². The number of hydrogen-bond donors (Lipinski definition) is 1. The number of benzene rings is 1. The highest BCUT2D eigenvalue weighted by Crippen LogP contribution is 2.28. The van der Waals surface area contributed by atoms with Crippen LogP contribution in [0.2, 0.25) is 5.02 Å². The number of halogens is 1. The van der Waals surface area contributed by atoms with Crippen LogP contribution in [0, 0.1) is 0 Å². The molecule has 1 fully saturated rings. The second-order valence-corrected chi connectivity index (χ2v) is 7.90. The van der Waals surface area contributed by atoms with Crippen molar-refractivity contribution in [3.63, 3.8) is 0 Å². The van der Waals surface area contributed by atoms with Gasteiger partial charge in [-0.2, -0.15) is 4.31 Å². The van der Waals surface area contributed by atoms with Crippen molar-refractivity contribution < 1.29 is 17.9 Å². The lowest BCUT2D eigenvalue weighted by Crippen LogP contribution is -2.35. The topological polar surface area (TPSA) is 75.7 Å². The third-order valence-corrected chi connectivity index (χ3v) is 6.05. The van der Waals surface area contributed by atoms with Gasteiger partial charge in [-0.3, -0.25) is 4.79 Å². The summed E-state index contributed by atoms with van der Waals surface area (Å²) in [4.78, 5) is 12.2. The average molecular weight is 361 g/mol. The van der Waals surface area contributed by atoms with Crippen LogP contribution in [0.3, 0.4) is 0 Å². The Labute approximate surface area is 141 Å². The Bertz CT molecular complexity index is 672. The number of carbonyl (C=O) groups is 1. The van der Waals surface area contributed by atoms with E-state index in [0.29, 0.717) is 19.7 Å². The predicted molar refractivity (Wildman–Crippen MR) is 88.2 cm³/mol. The number of sulfonamides is 1. The maximum absolute atomic E-state index is 12.6. The standard InChI is InChI=1S/C15H21ClN2O4S/c1-11(10-22-2)17-15(19)12-5-6-13(16)14(9-12)23(20,21)18-7-3-4-8-18/h5-6,9,11H,3-4,7-8,10H2,1-2H3,(H,17,19)/t11-/m1/s1. The van der Waals surface area contributed by atoms with Crippen molar-refractivity contribution in [3.8, 4) is 0 Å². The van der Waals surface area contributed by atoms with Gasteiger partial charge in [0.1, 0.15) is 4.90 Å². The predicted octanol–water partition coefficient (Wildman–Crippen LogP) is 1.89. The van der Waals surface area contributed by atoms with Crippen molar-refractivity contribution in [2.45, 2.75) is 30.7 Å². The molecule has 1 saturated heterocycles. The van der Waals surface area contributed by atoms with Crippen LogP contribution in [0.15, 0.2) is 23.1 Å². The molecule has 0 aromatic heterocycles. The SMILES string of the molecule is COC[C@@H](C)NC(=O)c1ccc(Cl)c(S(=O)(=O)N2CCCC2)c1. The van der Waals surface area contributed by atoms with E-state index in [-0.39, 0.29) is 27.4 Å². The second-order valence-electron chi connectivity index (χ2n) is 5.59. The minimum absolute atomic E-state index is 0.0203. The van der Waals surface area contributed by atoms with Gasteiger partial charge < -0.3 is 10.1 Å². The number of rotatable bonds is 6. The fraction of sp³-hybridized carbons (Fsp3) is 0.533. The molecule has 0 unspecified atom stereocenters. The fourth-order valence-corrected chi connectivity index (χ4v) is 4.53. The highest BCUT2D eigenvalue weighted by atomic mass is 35.5. The van der Waals surface area contributed by atoms with Gasteiger partial charge in [0.15, 0.2) is 0 Å². The molecule has 0 aliphatic carbocycles. The van der Waals surface area contributed by atoms with Gasteiger partial charge in [-0.1, -0.05) is 11.6 Å². The van der Waals surface area contributed by atoms with E-state index in [2.05, 4.69) is 5.32 Å². The van der Waals surface area contributed by atoms with Crippen molar-refractivity contribution >= 4 is 27.5 Å². The van der Waals surface area contributed by atoms with Crippen LogP contribution in [0.1, 0.15) is 30.1 Å². The largest absolute Gasteiger partial charge is 0.383 e. The molecule has 1 heterocycles.